The van der Waals surface area contributed by atoms with E-state index in [0.29, 0.717) is 0 Å². The van der Waals surface area contributed by atoms with Crippen molar-refractivity contribution in [3.8, 4) is 5.75 Å². The van der Waals surface area contributed by atoms with Crippen molar-refractivity contribution < 1.29 is 4.74 Å². The van der Waals surface area contributed by atoms with Gasteiger partial charge < -0.3 is 10.1 Å². The highest BCUT2D eigenvalue weighted by atomic mass is 32.1. The molecule has 1 N–H and O–H groups in total. The highest BCUT2D eigenvalue weighted by Crippen LogP contribution is 2.22. The van der Waals surface area contributed by atoms with Crippen molar-refractivity contribution in [2.45, 2.75) is 39.3 Å². The van der Waals surface area contributed by atoms with Gasteiger partial charge in [-0.2, -0.15) is 0 Å². The van der Waals surface area contributed by atoms with Gasteiger partial charge in [0.1, 0.15) is 15.8 Å². The van der Waals surface area contributed by atoms with Gasteiger partial charge in [-0.3, -0.25) is 0 Å². The van der Waals surface area contributed by atoms with Crippen LogP contribution in [0.4, 0.5) is 0 Å². The van der Waals surface area contributed by atoms with E-state index in [1.54, 1.807) is 18.4 Å². The van der Waals surface area contributed by atoms with Gasteiger partial charge in [-0.05, 0) is 26.8 Å². The lowest BCUT2D eigenvalue weighted by molar-refractivity contribution is 0.410. The van der Waals surface area contributed by atoms with Gasteiger partial charge in [-0.15, -0.1) is 10.2 Å². The van der Waals surface area contributed by atoms with Crippen molar-refractivity contribution >= 4 is 11.3 Å². The lowest BCUT2D eigenvalue weighted by Crippen LogP contribution is -2.35. The second kappa shape index (κ2) is 6.33. The van der Waals surface area contributed by atoms with Crippen LogP contribution >= 0.6 is 11.3 Å². The third-order valence-corrected chi connectivity index (χ3v) is 3.74. The minimum atomic E-state index is 0.0917. The zero-order valence-corrected chi connectivity index (χ0v) is 13.3. The number of hydrogen-bond acceptors (Lipinski definition) is 5. The van der Waals surface area contributed by atoms with Gasteiger partial charge in [0.15, 0.2) is 0 Å². The first kappa shape index (κ1) is 14.9. The molecule has 20 heavy (non-hydrogen) atoms. The van der Waals surface area contributed by atoms with E-state index in [1.807, 2.05) is 18.2 Å². The number of hydrogen-bond donors (Lipinski definition) is 1. The molecular formula is C15H21N3OS. The molecule has 0 aliphatic rings. The van der Waals surface area contributed by atoms with Gasteiger partial charge in [0.2, 0.25) is 0 Å². The van der Waals surface area contributed by atoms with Gasteiger partial charge >= 0.3 is 0 Å². The Morgan fingerprint density at radius 3 is 2.55 bits per heavy atom. The molecule has 4 nitrogen and oxygen atoms in total. The maximum Gasteiger partial charge on any atom is 0.131 e. The molecule has 108 valence electrons. The Bertz CT molecular complexity index is 560. The molecule has 2 rings (SSSR count). The summed E-state index contributed by atoms with van der Waals surface area (Å²) in [6, 6.07) is 8.02. The fraction of sp³-hybridized carbons (Fsp3) is 0.467. The zero-order chi connectivity index (χ0) is 14.6. The molecule has 0 aliphatic carbocycles. The first-order valence-electron chi connectivity index (χ1n) is 6.66. The fourth-order valence-electron chi connectivity index (χ4n) is 1.78. The van der Waals surface area contributed by atoms with Crippen LogP contribution in [0.5, 0.6) is 5.75 Å². The molecule has 1 aromatic heterocycles. The Balaban J connectivity index is 2.02. The highest BCUT2D eigenvalue weighted by Gasteiger charge is 2.12. The smallest absolute Gasteiger partial charge is 0.131 e. The van der Waals surface area contributed by atoms with Gasteiger partial charge in [0.05, 0.1) is 13.7 Å². The Morgan fingerprint density at radius 2 is 1.85 bits per heavy atom. The van der Waals surface area contributed by atoms with Crippen LogP contribution in [0.25, 0.3) is 0 Å². The van der Waals surface area contributed by atoms with Crippen LogP contribution in [0.1, 0.15) is 36.3 Å². The third kappa shape index (κ3) is 4.28. The number of nitrogens with zero attached hydrogens (tertiary/aromatic N) is 2. The van der Waals surface area contributed by atoms with E-state index >= 15 is 0 Å². The standard InChI is InChI=1S/C15H21N3OS/c1-15(2,3)16-10-14-18-17-13(20-14)9-11-7-5-6-8-12(11)19-4/h5-8,16H,9-10H2,1-4H3. The third-order valence-electron chi connectivity index (χ3n) is 2.81. The normalized spacial score (nSPS) is 11.6. The van der Waals surface area contributed by atoms with Gasteiger partial charge in [-0.1, -0.05) is 29.5 Å². The number of para-hydroxylation sites is 1. The summed E-state index contributed by atoms with van der Waals surface area (Å²) in [5.74, 6) is 0.900. The molecule has 0 radical (unpaired) electrons. The molecule has 5 heteroatoms. The number of nitrogens with one attached hydrogen (secondary N) is 1. The molecule has 0 unspecified atom stereocenters. The molecule has 0 fully saturated rings. The predicted octanol–water partition coefficient (Wildman–Crippen LogP) is 3.03. The number of methoxy groups -OCH3 is 1. The summed E-state index contributed by atoms with van der Waals surface area (Å²) in [7, 11) is 1.69. The second-order valence-corrected chi connectivity index (χ2v) is 6.83. The molecular weight excluding hydrogens is 270 g/mol. The topological polar surface area (TPSA) is 47.0 Å². The quantitative estimate of drug-likeness (QED) is 0.920. The summed E-state index contributed by atoms with van der Waals surface area (Å²) in [5, 5.41) is 14.0. The second-order valence-electron chi connectivity index (χ2n) is 5.68. The molecule has 0 spiro atoms. The van der Waals surface area contributed by atoms with Crippen molar-refractivity contribution in [3.63, 3.8) is 0 Å². The molecule has 0 saturated carbocycles. The average molecular weight is 291 g/mol. The van der Waals surface area contributed by atoms with Crippen molar-refractivity contribution in [2.75, 3.05) is 7.11 Å². The summed E-state index contributed by atoms with van der Waals surface area (Å²) in [6.07, 6.45) is 0.761. The fourth-order valence-corrected chi connectivity index (χ4v) is 2.59. The maximum absolute atomic E-state index is 5.36. The Morgan fingerprint density at radius 1 is 1.15 bits per heavy atom. The van der Waals surface area contributed by atoms with Crippen molar-refractivity contribution in [2.24, 2.45) is 0 Å². The first-order chi connectivity index (χ1) is 9.48. The summed E-state index contributed by atoms with van der Waals surface area (Å²) < 4.78 is 5.36. The predicted molar refractivity (Wildman–Crippen MR) is 82.3 cm³/mol. The van der Waals surface area contributed by atoms with Crippen molar-refractivity contribution in [1.82, 2.24) is 15.5 Å². The summed E-state index contributed by atoms with van der Waals surface area (Å²) in [6.45, 7) is 7.18. The molecule has 2 aromatic rings. The van der Waals surface area contributed by atoms with Gasteiger partial charge in [-0.25, -0.2) is 0 Å². The van der Waals surface area contributed by atoms with E-state index in [1.165, 1.54) is 0 Å². The lowest BCUT2D eigenvalue weighted by atomic mass is 10.1. The molecule has 0 bridgehead atoms. The van der Waals surface area contributed by atoms with E-state index in [2.05, 4.69) is 42.4 Å². The minimum Gasteiger partial charge on any atom is -0.496 e. The molecule has 1 heterocycles. The van der Waals surface area contributed by atoms with Crippen LogP contribution in [-0.2, 0) is 13.0 Å². The summed E-state index contributed by atoms with van der Waals surface area (Å²) >= 11 is 1.65. The van der Waals surface area contributed by atoms with Gasteiger partial charge in [0.25, 0.3) is 0 Å². The van der Waals surface area contributed by atoms with Crippen LogP contribution < -0.4 is 10.1 Å². The number of ether oxygens (including phenoxy) is 1. The van der Waals surface area contributed by atoms with Crippen LogP contribution in [-0.4, -0.2) is 22.8 Å². The largest absolute Gasteiger partial charge is 0.496 e. The van der Waals surface area contributed by atoms with Gasteiger partial charge in [0, 0.05) is 17.5 Å². The van der Waals surface area contributed by atoms with Crippen molar-refractivity contribution in [3.05, 3.63) is 39.8 Å². The van der Waals surface area contributed by atoms with Crippen molar-refractivity contribution in [1.29, 1.82) is 0 Å². The van der Waals surface area contributed by atoms with E-state index in [9.17, 15) is 0 Å². The summed E-state index contributed by atoms with van der Waals surface area (Å²) in [4.78, 5) is 0. The van der Waals surface area contributed by atoms with Crippen LogP contribution in [0.3, 0.4) is 0 Å². The highest BCUT2D eigenvalue weighted by molar-refractivity contribution is 7.11. The zero-order valence-electron chi connectivity index (χ0n) is 12.4. The minimum absolute atomic E-state index is 0.0917. The van der Waals surface area contributed by atoms with Crippen LogP contribution in [0.15, 0.2) is 24.3 Å². The Labute approximate surface area is 124 Å². The first-order valence-corrected chi connectivity index (χ1v) is 7.48. The average Bonchev–Trinajstić information content (AvgIpc) is 2.84. The lowest BCUT2D eigenvalue weighted by Gasteiger charge is -2.19. The van der Waals surface area contributed by atoms with E-state index in [4.69, 9.17) is 4.74 Å². The van der Waals surface area contributed by atoms with Crippen LogP contribution in [0, 0.1) is 0 Å². The van der Waals surface area contributed by atoms with E-state index in [0.717, 1.165) is 34.3 Å². The SMILES string of the molecule is COc1ccccc1Cc1nnc(CNC(C)(C)C)s1. The number of benzene rings is 1. The van der Waals surface area contributed by atoms with E-state index < -0.39 is 0 Å². The Kier molecular flexibility index (Phi) is 4.73. The molecule has 0 amide bonds. The molecule has 0 atom stereocenters. The number of aromatic nitrogens is 2. The monoisotopic (exact) mass is 291 g/mol. The van der Waals surface area contributed by atoms with Crippen LogP contribution in [0.2, 0.25) is 0 Å². The maximum atomic E-state index is 5.36. The molecule has 1 aromatic carbocycles. The Hall–Kier alpha value is -1.46. The summed E-state index contributed by atoms with van der Waals surface area (Å²) in [5.41, 5.74) is 1.23. The molecule has 0 aliphatic heterocycles. The number of rotatable bonds is 5. The molecule has 0 saturated heterocycles. The van der Waals surface area contributed by atoms with E-state index in [-0.39, 0.29) is 5.54 Å².